The number of hydrogen-bond donors (Lipinski definition) is 2. The molecule has 3 heteroatoms. The van der Waals surface area contributed by atoms with Crippen LogP contribution < -0.4 is 10.6 Å². The quantitative estimate of drug-likeness (QED) is 0.812. The van der Waals surface area contributed by atoms with E-state index in [1.807, 2.05) is 38.1 Å². The van der Waals surface area contributed by atoms with Crippen molar-refractivity contribution < 1.29 is 4.79 Å². The van der Waals surface area contributed by atoms with E-state index in [1.54, 1.807) is 0 Å². The third-order valence-electron chi connectivity index (χ3n) is 2.97. The van der Waals surface area contributed by atoms with Crippen LogP contribution in [0, 0.1) is 6.92 Å². The number of hydrogen-bond acceptors (Lipinski definition) is 2. The zero-order chi connectivity index (χ0) is 13.5. The Hall–Kier alpha value is -1.35. The molecule has 100 valence electrons. The van der Waals surface area contributed by atoms with Crippen molar-refractivity contribution in [3.63, 3.8) is 0 Å². The summed E-state index contributed by atoms with van der Waals surface area (Å²) < 4.78 is 0. The molecule has 0 heterocycles. The van der Waals surface area contributed by atoms with Gasteiger partial charge in [-0.2, -0.15) is 0 Å². The fourth-order valence-electron chi connectivity index (χ4n) is 1.91. The fraction of sp³-hybridized carbons (Fsp3) is 0.533. The molecule has 0 spiro atoms. The molecule has 0 saturated heterocycles. The maximum Gasteiger partial charge on any atom is 0.241 e. The highest BCUT2D eigenvalue weighted by atomic mass is 16.2. The molecule has 0 bridgehead atoms. The van der Waals surface area contributed by atoms with Crippen LogP contribution in [-0.2, 0) is 4.79 Å². The highest BCUT2D eigenvalue weighted by Gasteiger charge is 2.14. The van der Waals surface area contributed by atoms with Gasteiger partial charge in [-0.15, -0.1) is 0 Å². The SMILES string of the molecule is CCCC(C)NC(C)C(=O)Nc1ccc(C)cc1. The van der Waals surface area contributed by atoms with Gasteiger partial charge in [-0.05, 0) is 39.3 Å². The normalized spacial score (nSPS) is 14.0. The smallest absolute Gasteiger partial charge is 0.241 e. The van der Waals surface area contributed by atoms with E-state index in [-0.39, 0.29) is 11.9 Å². The number of rotatable bonds is 6. The van der Waals surface area contributed by atoms with Crippen LogP contribution in [0.1, 0.15) is 39.2 Å². The molecule has 1 rings (SSSR count). The van der Waals surface area contributed by atoms with Crippen LogP contribution in [0.25, 0.3) is 0 Å². The lowest BCUT2D eigenvalue weighted by Crippen LogP contribution is -2.42. The van der Waals surface area contributed by atoms with Crippen molar-refractivity contribution in [1.82, 2.24) is 5.32 Å². The van der Waals surface area contributed by atoms with Crippen molar-refractivity contribution in [2.24, 2.45) is 0 Å². The standard InChI is InChI=1S/C15H24N2O/c1-5-6-12(3)16-13(4)15(18)17-14-9-7-11(2)8-10-14/h7-10,12-13,16H,5-6H2,1-4H3,(H,17,18). The Labute approximate surface area is 110 Å². The van der Waals surface area contributed by atoms with Crippen molar-refractivity contribution in [1.29, 1.82) is 0 Å². The molecule has 2 unspecified atom stereocenters. The second kappa shape index (κ2) is 7.17. The van der Waals surface area contributed by atoms with Gasteiger partial charge in [-0.1, -0.05) is 31.0 Å². The Bertz CT molecular complexity index is 373. The minimum atomic E-state index is -0.173. The fourth-order valence-corrected chi connectivity index (χ4v) is 1.91. The molecule has 0 aliphatic rings. The van der Waals surface area contributed by atoms with Crippen LogP contribution in [0.3, 0.4) is 0 Å². The van der Waals surface area contributed by atoms with Crippen molar-refractivity contribution in [2.75, 3.05) is 5.32 Å². The molecule has 1 amide bonds. The Morgan fingerprint density at radius 2 is 1.83 bits per heavy atom. The number of anilines is 1. The summed E-state index contributed by atoms with van der Waals surface area (Å²) in [5.74, 6) is 0.0156. The zero-order valence-electron chi connectivity index (χ0n) is 11.8. The van der Waals surface area contributed by atoms with Gasteiger partial charge in [0.05, 0.1) is 6.04 Å². The predicted molar refractivity (Wildman–Crippen MR) is 76.8 cm³/mol. The second-order valence-electron chi connectivity index (χ2n) is 4.93. The largest absolute Gasteiger partial charge is 0.325 e. The van der Waals surface area contributed by atoms with Crippen LogP contribution in [0.15, 0.2) is 24.3 Å². The highest BCUT2D eigenvalue weighted by molar-refractivity contribution is 5.94. The van der Waals surface area contributed by atoms with Gasteiger partial charge < -0.3 is 10.6 Å². The molecular formula is C15H24N2O. The Kier molecular flexibility index (Phi) is 5.86. The molecule has 1 aromatic carbocycles. The summed E-state index contributed by atoms with van der Waals surface area (Å²) in [5.41, 5.74) is 2.04. The van der Waals surface area contributed by atoms with Crippen molar-refractivity contribution in [2.45, 2.75) is 52.6 Å². The molecule has 0 aliphatic carbocycles. The minimum absolute atomic E-state index is 0.0156. The lowest BCUT2D eigenvalue weighted by Gasteiger charge is -2.19. The molecule has 2 N–H and O–H groups in total. The Balaban J connectivity index is 2.46. The molecule has 0 fully saturated rings. The minimum Gasteiger partial charge on any atom is -0.325 e. The van der Waals surface area contributed by atoms with Gasteiger partial charge in [0.2, 0.25) is 5.91 Å². The number of carbonyl (C=O) groups is 1. The van der Waals surface area contributed by atoms with Gasteiger partial charge >= 0.3 is 0 Å². The number of amides is 1. The summed E-state index contributed by atoms with van der Waals surface area (Å²) in [7, 11) is 0. The molecule has 3 nitrogen and oxygen atoms in total. The first-order valence-electron chi connectivity index (χ1n) is 6.66. The number of carbonyl (C=O) groups excluding carboxylic acids is 1. The summed E-state index contributed by atoms with van der Waals surface area (Å²) in [6.07, 6.45) is 2.21. The van der Waals surface area contributed by atoms with E-state index in [4.69, 9.17) is 0 Å². The second-order valence-corrected chi connectivity index (χ2v) is 4.93. The topological polar surface area (TPSA) is 41.1 Å². The average Bonchev–Trinajstić information content (AvgIpc) is 2.32. The van der Waals surface area contributed by atoms with Crippen LogP contribution in [0.2, 0.25) is 0 Å². The van der Waals surface area contributed by atoms with Crippen LogP contribution in [0.5, 0.6) is 0 Å². The maximum absolute atomic E-state index is 12.0. The highest BCUT2D eigenvalue weighted by Crippen LogP contribution is 2.09. The number of benzene rings is 1. The molecule has 2 atom stereocenters. The van der Waals surface area contributed by atoms with Crippen molar-refractivity contribution in [3.8, 4) is 0 Å². The first-order valence-corrected chi connectivity index (χ1v) is 6.66. The summed E-state index contributed by atoms with van der Waals surface area (Å²) in [5, 5.41) is 6.22. The molecular weight excluding hydrogens is 224 g/mol. The van der Waals surface area contributed by atoms with Crippen LogP contribution >= 0.6 is 0 Å². The van der Waals surface area contributed by atoms with Crippen LogP contribution in [0.4, 0.5) is 5.69 Å². The Morgan fingerprint density at radius 3 is 2.39 bits per heavy atom. The molecule has 0 saturated carbocycles. The van der Waals surface area contributed by atoms with Gasteiger partial charge in [0.25, 0.3) is 0 Å². The van der Waals surface area contributed by atoms with Crippen molar-refractivity contribution >= 4 is 11.6 Å². The first-order chi connectivity index (χ1) is 8.52. The van der Waals surface area contributed by atoms with E-state index >= 15 is 0 Å². The van der Waals surface area contributed by atoms with Gasteiger partial charge in [0, 0.05) is 11.7 Å². The third-order valence-corrected chi connectivity index (χ3v) is 2.97. The van der Waals surface area contributed by atoms with Gasteiger partial charge in [-0.3, -0.25) is 4.79 Å². The van der Waals surface area contributed by atoms with E-state index in [2.05, 4.69) is 24.5 Å². The summed E-state index contributed by atoms with van der Waals surface area (Å²) >= 11 is 0. The Morgan fingerprint density at radius 1 is 1.22 bits per heavy atom. The monoisotopic (exact) mass is 248 g/mol. The maximum atomic E-state index is 12.0. The van der Waals surface area contributed by atoms with Crippen molar-refractivity contribution in [3.05, 3.63) is 29.8 Å². The third kappa shape index (κ3) is 4.88. The van der Waals surface area contributed by atoms with E-state index < -0.39 is 0 Å². The number of aryl methyl sites for hydroxylation is 1. The van der Waals surface area contributed by atoms with E-state index in [1.165, 1.54) is 5.56 Å². The van der Waals surface area contributed by atoms with E-state index in [9.17, 15) is 4.79 Å². The summed E-state index contributed by atoms with van der Waals surface area (Å²) in [4.78, 5) is 12.0. The molecule has 1 aromatic rings. The average molecular weight is 248 g/mol. The van der Waals surface area contributed by atoms with E-state index in [0.29, 0.717) is 6.04 Å². The lowest BCUT2D eigenvalue weighted by atomic mass is 10.1. The summed E-state index contributed by atoms with van der Waals surface area (Å²) in [6.45, 7) is 8.19. The van der Waals surface area contributed by atoms with E-state index in [0.717, 1.165) is 18.5 Å². The lowest BCUT2D eigenvalue weighted by molar-refractivity contribution is -0.117. The molecule has 0 aromatic heterocycles. The molecule has 0 radical (unpaired) electrons. The predicted octanol–water partition coefficient (Wildman–Crippen LogP) is 3.10. The number of nitrogens with one attached hydrogen (secondary N) is 2. The van der Waals surface area contributed by atoms with Gasteiger partial charge in [-0.25, -0.2) is 0 Å². The van der Waals surface area contributed by atoms with Gasteiger partial charge in [0.1, 0.15) is 0 Å². The zero-order valence-corrected chi connectivity index (χ0v) is 11.8. The van der Waals surface area contributed by atoms with Crippen LogP contribution in [-0.4, -0.2) is 18.0 Å². The van der Waals surface area contributed by atoms with Gasteiger partial charge in [0.15, 0.2) is 0 Å². The molecule has 0 aliphatic heterocycles. The molecule has 18 heavy (non-hydrogen) atoms. The summed E-state index contributed by atoms with van der Waals surface area (Å²) in [6, 6.07) is 8.03. The first kappa shape index (κ1) is 14.7.